The number of hydrogen-bond donors (Lipinski definition) is 1. The molecule has 0 unspecified atom stereocenters. The van der Waals surface area contributed by atoms with Crippen molar-refractivity contribution in [1.29, 1.82) is 0 Å². The average Bonchev–Trinajstić information content (AvgIpc) is 3.13. The summed E-state index contributed by atoms with van der Waals surface area (Å²) in [5.41, 5.74) is 2.67. The van der Waals surface area contributed by atoms with E-state index in [9.17, 15) is 4.79 Å². The second kappa shape index (κ2) is 5.63. The number of aromatic nitrogens is 4. The summed E-state index contributed by atoms with van der Waals surface area (Å²) in [4.78, 5) is 21.0. The first-order valence-corrected chi connectivity index (χ1v) is 7.33. The number of rotatable bonds is 4. The quantitative estimate of drug-likeness (QED) is 0.805. The SMILES string of the molecule is CCc1nccn1[C@H](C)C(=O)Nc1ccc2ncn(C)c2c1. The molecule has 6 heteroatoms. The Kier molecular flexibility index (Phi) is 3.66. The monoisotopic (exact) mass is 297 g/mol. The van der Waals surface area contributed by atoms with E-state index < -0.39 is 0 Å². The maximum Gasteiger partial charge on any atom is 0.247 e. The molecule has 0 saturated heterocycles. The molecule has 1 amide bonds. The molecule has 0 fully saturated rings. The summed E-state index contributed by atoms with van der Waals surface area (Å²) in [5.74, 6) is 0.846. The number of hydrogen-bond acceptors (Lipinski definition) is 3. The molecule has 0 aliphatic heterocycles. The highest BCUT2D eigenvalue weighted by Gasteiger charge is 2.17. The summed E-state index contributed by atoms with van der Waals surface area (Å²) in [6.45, 7) is 3.90. The van der Waals surface area contributed by atoms with Gasteiger partial charge in [-0.1, -0.05) is 6.92 Å². The van der Waals surface area contributed by atoms with Crippen LogP contribution in [0.15, 0.2) is 36.9 Å². The topological polar surface area (TPSA) is 64.7 Å². The molecule has 0 bridgehead atoms. The highest BCUT2D eigenvalue weighted by Crippen LogP contribution is 2.19. The van der Waals surface area contributed by atoms with E-state index in [4.69, 9.17) is 0 Å². The molecule has 0 spiro atoms. The van der Waals surface area contributed by atoms with Crippen molar-refractivity contribution >= 4 is 22.6 Å². The van der Waals surface area contributed by atoms with Crippen LogP contribution in [-0.4, -0.2) is 25.0 Å². The molecule has 0 aliphatic rings. The van der Waals surface area contributed by atoms with Gasteiger partial charge in [0.2, 0.25) is 5.91 Å². The zero-order valence-electron chi connectivity index (χ0n) is 12.9. The number of benzene rings is 1. The van der Waals surface area contributed by atoms with Crippen LogP contribution < -0.4 is 5.32 Å². The third-order valence-corrected chi connectivity index (χ3v) is 3.85. The summed E-state index contributed by atoms with van der Waals surface area (Å²) in [6, 6.07) is 5.40. The van der Waals surface area contributed by atoms with Crippen LogP contribution in [0, 0.1) is 0 Å². The summed E-state index contributed by atoms with van der Waals surface area (Å²) in [6.07, 6.45) is 6.13. The van der Waals surface area contributed by atoms with Crippen molar-refractivity contribution in [2.45, 2.75) is 26.3 Å². The van der Waals surface area contributed by atoms with Gasteiger partial charge >= 0.3 is 0 Å². The normalized spacial score (nSPS) is 12.5. The molecule has 1 atom stereocenters. The van der Waals surface area contributed by atoms with Gasteiger partial charge in [0.15, 0.2) is 0 Å². The summed E-state index contributed by atoms with van der Waals surface area (Å²) >= 11 is 0. The van der Waals surface area contributed by atoms with Gasteiger partial charge in [0.1, 0.15) is 11.9 Å². The number of nitrogens with one attached hydrogen (secondary N) is 1. The maximum atomic E-state index is 12.5. The van der Waals surface area contributed by atoms with Gasteiger partial charge < -0.3 is 14.5 Å². The molecule has 2 heterocycles. The summed E-state index contributed by atoms with van der Waals surface area (Å²) in [5, 5.41) is 2.96. The fourth-order valence-electron chi connectivity index (χ4n) is 2.55. The molecule has 1 N–H and O–H groups in total. The van der Waals surface area contributed by atoms with E-state index in [0.29, 0.717) is 0 Å². The molecule has 114 valence electrons. The first kappa shape index (κ1) is 14.3. The van der Waals surface area contributed by atoms with Crippen molar-refractivity contribution in [2.75, 3.05) is 5.32 Å². The Morgan fingerprint density at radius 1 is 1.36 bits per heavy atom. The van der Waals surface area contributed by atoms with E-state index in [2.05, 4.69) is 15.3 Å². The smallest absolute Gasteiger partial charge is 0.247 e. The standard InChI is InChI=1S/C16H19N5O/c1-4-15-17-7-8-21(15)11(2)16(22)19-12-5-6-13-14(9-12)20(3)10-18-13/h5-11H,4H2,1-3H3,(H,19,22)/t11-/m1/s1. The van der Waals surface area contributed by atoms with Crippen molar-refractivity contribution in [3.05, 3.63) is 42.7 Å². The van der Waals surface area contributed by atoms with Crippen molar-refractivity contribution in [3.63, 3.8) is 0 Å². The number of imidazole rings is 2. The second-order valence-electron chi connectivity index (χ2n) is 5.33. The van der Waals surface area contributed by atoms with Gasteiger partial charge in [0.05, 0.1) is 17.4 Å². The van der Waals surface area contributed by atoms with Crippen LogP contribution in [0.4, 0.5) is 5.69 Å². The minimum Gasteiger partial charge on any atom is -0.334 e. The third-order valence-electron chi connectivity index (χ3n) is 3.85. The van der Waals surface area contributed by atoms with Crippen LogP contribution in [0.5, 0.6) is 0 Å². The Balaban J connectivity index is 1.81. The molecule has 2 aromatic heterocycles. The van der Waals surface area contributed by atoms with Crippen LogP contribution in [0.1, 0.15) is 25.7 Å². The number of anilines is 1. The maximum absolute atomic E-state index is 12.5. The number of aryl methyl sites for hydroxylation is 2. The minimum atomic E-state index is -0.306. The molecule has 1 aromatic carbocycles. The van der Waals surface area contributed by atoms with Crippen LogP contribution in [0.3, 0.4) is 0 Å². The lowest BCUT2D eigenvalue weighted by Gasteiger charge is -2.16. The number of carbonyl (C=O) groups is 1. The lowest BCUT2D eigenvalue weighted by Crippen LogP contribution is -2.24. The van der Waals surface area contributed by atoms with Gasteiger partial charge in [0.25, 0.3) is 0 Å². The zero-order valence-corrected chi connectivity index (χ0v) is 12.9. The Bertz CT molecular complexity index is 817. The molecule has 0 aliphatic carbocycles. The Labute approximate surface area is 128 Å². The van der Waals surface area contributed by atoms with Crippen molar-refractivity contribution in [2.24, 2.45) is 7.05 Å². The summed E-state index contributed by atoms with van der Waals surface area (Å²) in [7, 11) is 1.93. The number of amides is 1. The first-order chi connectivity index (χ1) is 10.6. The second-order valence-corrected chi connectivity index (χ2v) is 5.33. The molecular weight excluding hydrogens is 278 g/mol. The molecule has 3 aromatic rings. The minimum absolute atomic E-state index is 0.0609. The molecule has 0 saturated carbocycles. The lowest BCUT2D eigenvalue weighted by atomic mass is 10.2. The predicted octanol–water partition coefficient (Wildman–Crippen LogP) is 2.53. The largest absolute Gasteiger partial charge is 0.334 e. The van der Waals surface area contributed by atoms with E-state index in [1.807, 2.05) is 54.4 Å². The average molecular weight is 297 g/mol. The van der Waals surface area contributed by atoms with Crippen LogP contribution in [0.2, 0.25) is 0 Å². The van der Waals surface area contributed by atoms with E-state index >= 15 is 0 Å². The number of carbonyl (C=O) groups excluding carboxylic acids is 1. The first-order valence-electron chi connectivity index (χ1n) is 7.33. The highest BCUT2D eigenvalue weighted by molar-refractivity contribution is 5.95. The lowest BCUT2D eigenvalue weighted by molar-refractivity contribution is -0.118. The Morgan fingerprint density at radius 2 is 2.18 bits per heavy atom. The fourth-order valence-corrected chi connectivity index (χ4v) is 2.55. The number of fused-ring (bicyclic) bond motifs is 1. The summed E-state index contributed by atoms with van der Waals surface area (Å²) < 4.78 is 3.83. The van der Waals surface area contributed by atoms with Gasteiger partial charge in [-0.05, 0) is 25.1 Å². The van der Waals surface area contributed by atoms with E-state index in [1.54, 1.807) is 12.5 Å². The van der Waals surface area contributed by atoms with Gasteiger partial charge in [-0.2, -0.15) is 0 Å². The van der Waals surface area contributed by atoms with Gasteiger partial charge in [-0.15, -0.1) is 0 Å². The fraction of sp³-hybridized carbons (Fsp3) is 0.312. The van der Waals surface area contributed by atoms with E-state index in [0.717, 1.165) is 29.0 Å². The van der Waals surface area contributed by atoms with Gasteiger partial charge in [0, 0.05) is 31.5 Å². The molecule has 22 heavy (non-hydrogen) atoms. The molecule has 6 nitrogen and oxygen atoms in total. The van der Waals surface area contributed by atoms with E-state index in [-0.39, 0.29) is 11.9 Å². The van der Waals surface area contributed by atoms with Crippen LogP contribution >= 0.6 is 0 Å². The third kappa shape index (κ3) is 2.47. The molecule has 0 radical (unpaired) electrons. The molecule has 3 rings (SSSR count). The number of nitrogens with zero attached hydrogens (tertiary/aromatic N) is 4. The Hall–Kier alpha value is -2.63. The van der Waals surface area contributed by atoms with Crippen molar-refractivity contribution in [3.8, 4) is 0 Å². The van der Waals surface area contributed by atoms with E-state index in [1.165, 1.54) is 0 Å². The van der Waals surface area contributed by atoms with Crippen LogP contribution in [0.25, 0.3) is 11.0 Å². The van der Waals surface area contributed by atoms with Gasteiger partial charge in [-0.3, -0.25) is 4.79 Å². The van der Waals surface area contributed by atoms with Crippen LogP contribution in [-0.2, 0) is 18.3 Å². The van der Waals surface area contributed by atoms with Gasteiger partial charge in [-0.25, -0.2) is 9.97 Å². The zero-order chi connectivity index (χ0) is 15.7. The Morgan fingerprint density at radius 3 is 2.95 bits per heavy atom. The predicted molar refractivity (Wildman–Crippen MR) is 85.7 cm³/mol. The molecular formula is C16H19N5O. The van der Waals surface area contributed by atoms with Crippen molar-refractivity contribution in [1.82, 2.24) is 19.1 Å². The van der Waals surface area contributed by atoms with Crippen molar-refractivity contribution < 1.29 is 4.79 Å². The highest BCUT2D eigenvalue weighted by atomic mass is 16.2.